The Hall–Kier alpha value is -3.79. The number of pyridine rings is 1. The number of rotatable bonds is 4. The van der Waals surface area contributed by atoms with Crippen LogP contribution in [0.3, 0.4) is 0 Å². The number of thiophene rings is 1. The molecule has 4 rings (SSSR count). The van der Waals surface area contributed by atoms with Crippen LogP contribution in [0, 0.1) is 0 Å². The maximum absolute atomic E-state index is 12.6. The summed E-state index contributed by atoms with van der Waals surface area (Å²) in [7, 11) is 1.41. The minimum absolute atomic E-state index is 0.105. The minimum Gasteiger partial charge on any atom is -0.506 e. The van der Waals surface area contributed by atoms with Gasteiger partial charge in [-0.2, -0.15) is 0 Å². The van der Waals surface area contributed by atoms with Crippen LogP contribution in [0.2, 0.25) is 0 Å². The Morgan fingerprint density at radius 3 is 2.83 bits per heavy atom. The highest BCUT2D eigenvalue weighted by molar-refractivity contribution is 7.17. The molecule has 29 heavy (non-hydrogen) atoms. The smallest absolute Gasteiger partial charge is 0.322 e. The molecule has 0 atom stereocenters. The van der Waals surface area contributed by atoms with E-state index in [4.69, 9.17) is 5.11 Å². The van der Waals surface area contributed by atoms with E-state index in [2.05, 4.69) is 15.3 Å². The topological polar surface area (TPSA) is 134 Å². The number of aromatic hydroxyl groups is 1. The largest absolute Gasteiger partial charge is 0.506 e. The fourth-order valence-corrected chi connectivity index (χ4v) is 3.76. The number of carboxylic acid groups (broad SMARTS) is 1. The molecule has 0 aliphatic carbocycles. The maximum atomic E-state index is 12.6. The number of carbonyl (C=O) groups is 2. The van der Waals surface area contributed by atoms with Crippen molar-refractivity contribution in [3.63, 3.8) is 0 Å². The number of hydrogen-bond donors (Lipinski definition) is 3. The molecule has 1 aromatic carbocycles. The summed E-state index contributed by atoms with van der Waals surface area (Å²) < 4.78 is 2.25. The van der Waals surface area contributed by atoms with Crippen LogP contribution >= 0.6 is 11.3 Å². The van der Waals surface area contributed by atoms with Gasteiger partial charge in [0.05, 0.1) is 5.39 Å². The van der Waals surface area contributed by atoms with Gasteiger partial charge < -0.3 is 15.5 Å². The van der Waals surface area contributed by atoms with Crippen molar-refractivity contribution in [3.05, 3.63) is 51.8 Å². The van der Waals surface area contributed by atoms with Crippen molar-refractivity contribution >= 4 is 44.3 Å². The zero-order valence-corrected chi connectivity index (χ0v) is 15.9. The first-order valence-corrected chi connectivity index (χ1v) is 9.31. The second-order valence-corrected chi connectivity index (χ2v) is 7.22. The average molecular weight is 410 g/mol. The van der Waals surface area contributed by atoms with Crippen LogP contribution in [0.5, 0.6) is 5.75 Å². The lowest BCUT2D eigenvalue weighted by Gasteiger charge is -2.11. The van der Waals surface area contributed by atoms with E-state index in [1.54, 1.807) is 11.3 Å². The molecule has 4 aromatic rings. The van der Waals surface area contributed by atoms with Gasteiger partial charge in [0.2, 0.25) is 0 Å². The number of fused-ring (bicyclic) bond motifs is 2. The first kappa shape index (κ1) is 18.6. The van der Waals surface area contributed by atoms with E-state index >= 15 is 0 Å². The second-order valence-electron chi connectivity index (χ2n) is 6.27. The number of nitrogens with zero attached hydrogens (tertiary/aromatic N) is 3. The van der Waals surface area contributed by atoms with Crippen molar-refractivity contribution in [2.45, 2.75) is 0 Å². The number of aromatic nitrogens is 3. The molecular weight excluding hydrogens is 396 g/mol. The Kier molecular flexibility index (Phi) is 4.47. The van der Waals surface area contributed by atoms with E-state index in [-0.39, 0.29) is 11.0 Å². The number of amides is 1. The Balaban J connectivity index is 1.84. The number of carbonyl (C=O) groups excluding carboxylic acids is 1. The normalized spacial score (nSPS) is 11.1. The molecule has 0 saturated carbocycles. The average Bonchev–Trinajstić information content (AvgIpc) is 3.18. The summed E-state index contributed by atoms with van der Waals surface area (Å²) in [6.45, 7) is -0.681. The zero-order chi connectivity index (χ0) is 20.7. The van der Waals surface area contributed by atoms with Gasteiger partial charge in [0.1, 0.15) is 23.5 Å². The summed E-state index contributed by atoms with van der Waals surface area (Å²) >= 11 is 1.62. The lowest BCUT2D eigenvalue weighted by Crippen LogP contribution is -2.35. The fourth-order valence-electron chi connectivity index (χ4n) is 2.99. The summed E-state index contributed by atoms with van der Waals surface area (Å²) in [5.41, 5.74) is -0.459. The van der Waals surface area contributed by atoms with Crippen LogP contribution in [-0.4, -0.2) is 43.2 Å². The molecule has 0 fully saturated rings. The molecule has 1 amide bonds. The van der Waals surface area contributed by atoms with Gasteiger partial charge in [-0.15, -0.1) is 11.3 Å². The van der Waals surface area contributed by atoms with Crippen LogP contribution in [0.4, 0.5) is 0 Å². The summed E-state index contributed by atoms with van der Waals surface area (Å²) in [5, 5.41) is 24.3. The van der Waals surface area contributed by atoms with E-state index in [9.17, 15) is 19.5 Å². The predicted molar refractivity (Wildman–Crippen MR) is 107 cm³/mol. The van der Waals surface area contributed by atoms with Crippen molar-refractivity contribution < 1.29 is 19.8 Å². The van der Waals surface area contributed by atoms with Crippen molar-refractivity contribution in [1.82, 2.24) is 19.9 Å². The van der Waals surface area contributed by atoms with Crippen LogP contribution < -0.4 is 10.9 Å². The predicted octanol–water partition coefficient (Wildman–Crippen LogP) is 1.73. The molecule has 3 N–H and O–H groups in total. The summed E-state index contributed by atoms with van der Waals surface area (Å²) in [5.74, 6) is -2.49. The van der Waals surface area contributed by atoms with Gasteiger partial charge in [-0.3, -0.25) is 19.0 Å². The Morgan fingerprint density at radius 2 is 2.07 bits per heavy atom. The lowest BCUT2D eigenvalue weighted by molar-refractivity contribution is -0.135. The Morgan fingerprint density at radius 1 is 1.28 bits per heavy atom. The molecule has 3 aromatic heterocycles. The van der Waals surface area contributed by atoms with Gasteiger partial charge in [0.15, 0.2) is 5.82 Å². The standard InChI is InChI=1S/C19H14N4O5S/c1-23-17-11(15(26)14(19(23)28)18(27)21-8-13(24)25)7-20-16(22-17)10-2-3-12-9(6-10)4-5-29-12/h2-7,26H,8H2,1H3,(H,21,27)(H,24,25). The Labute approximate surface area is 166 Å². The van der Waals surface area contributed by atoms with E-state index in [0.29, 0.717) is 5.82 Å². The highest BCUT2D eigenvalue weighted by Crippen LogP contribution is 2.29. The monoisotopic (exact) mass is 410 g/mol. The number of aryl methyl sites for hydroxylation is 1. The summed E-state index contributed by atoms with van der Waals surface area (Å²) in [6.07, 6.45) is 1.33. The number of aliphatic carboxylic acids is 1. The van der Waals surface area contributed by atoms with Crippen molar-refractivity contribution in [2.75, 3.05) is 6.54 Å². The molecule has 0 bridgehead atoms. The molecule has 0 radical (unpaired) electrons. The molecular formula is C19H14N4O5S. The fraction of sp³-hybridized carbons (Fsp3) is 0.105. The minimum atomic E-state index is -1.27. The number of hydrogen-bond acceptors (Lipinski definition) is 7. The summed E-state index contributed by atoms with van der Waals surface area (Å²) in [4.78, 5) is 44.1. The second kappa shape index (κ2) is 6.99. The van der Waals surface area contributed by atoms with Crippen molar-refractivity contribution in [3.8, 4) is 17.1 Å². The lowest BCUT2D eigenvalue weighted by atomic mass is 10.1. The van der Waals surface area contributed by atoms with E-state index in [0.717, 1.165) is 20.2 Å². The van der Waals surface area contributed by atoms with Gasteiger partial charge in [0.25, 0.3) is 11.5 Å². The SMILES string of the molecule is Cn1c(=O)c(C(=O)NCC(=O)O)c(O)c2cnc(-c3ccc4sccc4c3)nc21. The van der Waals surface area contributed by atoms with Crippen molar-refractivity contribution in [1.29, 1.82) is 0 Å². The number of nitrogens with one attached hydrogen (secondary N) is 1. The molecule has 0 unspecified atom stereocenters. The molecule has 0 aliphatic heterocycles. The molecule has 3 heterocycles. The molecule has 0 aliphatic rings. The maximum Gasteiger partial charge on any atom is 0.322 e. The first-order chi connectivity index (χ1) is 13.9. The van der Waals surface area contributed by atoms with Gasteiger partial charge >= 0.3 is 5.97 Å². The van der Waals surface area contributed by atoms with Crippen LogP contribution in [0.25, 0.3) is 32.5 Å². The number of benzene rings is 1. The van der Waals surface area contributed by atoms with E-state index in [1.807, 2.05) is 29.6 Å². The van der Waals surface area contributed by atoms with E-state index in [1.165, 1.54) is 13.2 Å². The molecule has 10 heteroatoms. The van der Waals surface area contributed by atoms with Crippen LogP contribution in [0.1, 0.15) is 10.4 Å². The van der Waals surface area contributed by atoms with Gasteiger partial charge in [-0.1, -0.05) is 0 Å². The molecule has 0 spiro atoms. The number of carboxylic acids is 1. The third-order valence-electron chi connectivity index (χ3n) is 4.43. The van der Waals surface area contributed by atoms with Gasteiger partial charge in [0, 0.05) is 23.5 Å². The van der Waals surface area contributed by atoms with Crippen LogP contribution in [-0.2, 0) is 11.8 Å². The summed E-state index contributed by atoms with van der Waals surface area (Å²) in [6, 6.07) is 7.73. The Bertz CT molecular complexity index is 1360. The third-order valence-corrected chi connectivity index (χ3v) is 5.33. The highest BCUT2D eigenvalue weighted by Gasteiger charge is 2.23. The third kappa shape index (κ3) is 3.19. The quantitative estimate of drug-likeness (QED) is 0.466. The zero-order valence-electron chi connectivity index (χ0n) is 15.0. The molecule has 9 nitrogen and oxygen atoms in total. The highest BCUT2D eigenvalue weighted by atomic mass is 32.1. The molecule has 0 saturated heterocycles. The van der Waals surface area contributed by atoms with Gasteiger partial charge in [-0.05, 0) is 35.0 Å². The molecule has 146 valence electrons. The van der Waals surface area contributed by atoms with E-state index < -0.39 is 35.3 Å². The first-order valence-electron chi connectivity index (χ1n) is 8.43. The van der Waals surface area contributed by atoms with Gasteiger partial charge in [-0.25, -0.2) is 9.97 Å². The van der Waals surface area contributed by atoms with Crippen LogP contribution in [0.15, 0.2) is 40.6 Å². The van der Waals surface area contributed by atoms with Crippen molar-refractivity contribution in [2.24, 2.45) is 7.05 Å².